The lowest BCUT2D eigenvalue weighted by Crippen LogP contribution is -1.97. The fourth-order valence-electron chi connectivity index (χ4n) is 2.24. The van der Waals surface area contributed by atoms with Crippen LogP contribution in [0.1, 0.15) is 11.4 Å². The van der Waals surface area contributed by atoms with Crippen molar-refractivity contribution in [1.29, 1.82) is 0 Å². The van der Waals surface area contributed by atoms with Gasteiger partial charge in [-0.1, -0.05) is 17.4 Å². The predicted molar refractivity (Wildman–Crippen MR) is 80.1 cm³/mol. The summed E-state index contributed by atoms with van der Waals surface area (Å²) in [6.07, 6.45) is 0. The Morgan fingerprint density at radius 3 is 2.48 bits per heavy atom. The average molecular weight is 305 g/mol. The summed E-state index contributed by atoms with van der Waals surface area (Å²) in [4.78, 5) is 5.15. The molecule has 1 N–H and O–H groups in total. The van der Waals surface area contributed by atoms with Gasteiger partial charge in [0.15, 0.2) is 5.01 Å². The van der Waals surface area contributed by atoms with E-state index in [4.69, 9.17) is 9.47 Å². The highest BCUT2D eigenvalue weighted by molar-refractivity contribution is 7.19. The summed E-state index contributed by atoms with van der Waals surface area (Å²) in [5.74, 6) is 1.38. The van der Waals surface area contributed by atoms with E-state index in [0.29, 0.717) is 17.2 Å². The van der Waals surface area contributed by atoms with E-state index in [-0.39, 0.29) is 6.61 Å². The topological polar surface area (TPSA) is 68.9 Å². The van der Waals surface area contributed by atoms with E-state index in [0.717, 1.165) is 21.2 Å². The average Bonchev–Trinajstić information content (AvgIpc) is 3.02. The number of ether oxygens (including phenoxy) is 2. The lowest BCUT2D eigenvalue weighted by atomic mass is 10.2. The molecular weight excluding hydrogens is 290 g/mol. The van der Waals surface area contributed by atoms with Crippen LogP contribution in [-0.4, -0.2) is 33.9 Å². The zero-order chi connectivity index (χ0) is 15.0. The van der Waals surface area contributed by atoms with Crippen molar-refractivity contribution in [2.24, 2.45) is 0 Å². The van der Waals surface area contributed by atoms with Crippen molar-refractivity contribution >= 4 is 16.3 Å². The molecular formula is C14H15N3O3S. The smallest absolute Gasteiger partial charge is 0.213 e. The van der Waals surface area contributed by atoms with Gasteiger partial charge in [0.25, 0.3) is 0 Å². The third-order valence-corrected chi connectivity index (χ3v) is 4.21. The Bertz CT molecular complexity index is 772. The molecule has 0 radical (unpaired) electrons. The summed E-state index contributed by atoms with van der Waals surface area (Å²) in [5.41, 5.74) is 2.27. The summed E-state index contributed by atoms with van der Waals surface area (Å²) in [6.45, 7) is 1.76. The van der Waals surface area contributed by atoms with E-state index in [1.54, 1.807) is 18.7 Å². The Hall–Kier alpha value is -2.12. The fraction of sp³-hybridized carbons (Fsp3) is 0.286. The maximum Gasteiger partial charge on any atom is 0.213 e. The van der Waals surface area contributed by atoms with E-state index in [1.807, 2.05) is 25.1 Å². The quantitative estimate of drug-likeness (QED) is 0.801. The molecule has 0 aliphatic heterocycles. The van der Waals surface area contributed by atoms with Crippen LogP contribution in [0.4, 0.5) is 0 Å². The minimum atomic E-state index is -0.0980. The molecule has 0 atom stereocenters. The van der Waals surface area contributed by atoms with Gasteiger partial charge in [-0.05, 0) is 19.1 Å². The van der Waals surface area contributed by atoms with Crippen molar-refractivity contribution in [2.75, 3.05) is 14.2 Å². The number of benzene rings is 1. The molecule has 110 valence electrons. The number of nitrogens with zero attached hydrogens (tertiary/aromatic N) is 3. The molecule has 2 heterocycles. The molecule has 0 amide bonds. The maximum absolute atomic E-state index is 9.44. The highest BCUT2D eigenvalue weighted by Gasteiger charge is 2.19. The molecule has 3 aromatic rings. The molecule has 21 heavy (non-hydrogen) atoms. The minimum absolute atomic E-state index is 0.0980. The van der Waals surface area contributed by atoms with E-state index >= 15 is 0 Å². The lowest BCUT2D eigenvalue weighted by molar-refractivity contribution is 0.273. The Kier molecular flexibility index (Phi) is 3.52. The first-order valence-electron chi connectivity index (χ1n) is 6.36. The molecule has 0 fully saturated rings. The van der Waals surface area contributed by atoms with Crippen molar-refractivity contribution in [1.82, 2.24) is 14.6 Å². The van der Waals surface area contributed by atoms with Crippen LogP contribution in [0.15, 0.2) is 18.2 Å². The molecule has 0 aliphatic carbocycles. The first-order chi connectivity index (χ1) is 10.2. The molecule has 0 aliphatic rings. The van der Waals surface area contributed by atoms with Gasteiger partial charge in [0.1, 0.15) is 11.5 Å². The Morgan fingerprint density at radius 2 is 1.90 bits per heavy atom. The van der Waals surface area contributed by atoms with E-state index < -0.39 is 0 Å². The van der Waals surface area contributed by atoms with Crippen molar-refractivity contribution in [3.63, 3.8) is 0 Å². The van der Waals surface area contributed by atoms with Crippen molar-refractivity contribution in [2.45, 2.75) is 13.5 Å². The number of hydrogen-bond donors (Lipinski definition) is 1. The second kappa shape index (κ2) is 5.34. The van der Waals surface area contributed by atoms with Gasteiger partial charge in [-0.25, -0.2) is 9.50 Å². The van der Waals surface area contributed by atoms with Gasteiger partial charge in [0.05, 0.1) is 37.8 Å². The van der Waals surface area contributed by atoms with Crippen LogP contribution in [0, 0.1) is 6.92 Å². The molecule has 0 bridgehead atoms. The number of aliphatic hydroxyl groups is 1. The van der Waals surface area contributed by atoms with Gasteiger partial charge in [-0.2, -0.15) is 5.10 Å². The number of rotatable bonds is 4. The van der Waals surface area contributed by atoms with Gasteiger partial charge in [0, 0.05) is 0 Å². The second-order valence-electron chi connectivity index (χ2n) is 4.44. The summed E-state index contributed by atoms with van der Waals surface area (Å²) >= 11 is 1.43. The van der Waals surface area contributed by atoms with Crippen molar-refractivity contribution < 1.29 is 14.6 Å². The summed E-state index contributed by atoms with van der Waals surface area (Å²) in [6, 6.07) is 5.59. The van der Waals surface area contributed by atoms with Gasteiger partial charge in [-0.15, -0.1) is 0 Å². The van der Waals surface area contributed by atoms with Crippen LogP contribution in [0.25, 0.3) is 15.5 Å². The number of methoxy groups -OCH3 is 2. The van der Waals surface area contributed by atoms with Gasteiger partial charge < -0.3 is 14.6 Å². The monoisotopic (exact) mass is 305 g/mol. The Labute approximate surface area is 125 Å². The molecule has 6 nitrogen and oxygen atoms in total. The zero-order valence-electron chi connectivity index (χ0n) is 12.0. The standard InChI is InChI=1S/C14H15N3O3S/c1-8-9(7-18)17-14(15-8)21-13(16-17)12-10(19-2)5-4-6-11(12)20-3/h4-6,18H,7H2,1-3H3. The molecule has 2 aromatic heterocycles. The van der Waals surface area contributed by atoms with Crippen LogP contribution in [-0.2, 0) is 6.61 Å². The molecule has 7 heteroatoms. The molecule has 0 saturated carbocycles. The number of imidazole rings is 1. The van der Waals surface area contributed by atoms with Crippen molar-refractivity contribution in [3.8, 4) is 22.1 Å². The number of hydrogen-bond acceptors (Lipinski definition) is 6. The van der Waals surface area contributed by atoms with Crippen molar-refractivity contribution in [3.05, 3.63) is 29.6 Å². The summed E-state index contributed by atoms with van der Waals surface area (Å²) in [7, 11) is 3.22. The summed E-state index contributed by atoms with van der Waals surface area (Å²) < 4.78 is 12.5. The lowest BCUT2D eigenvalue weighted by Gasteiger charge is -2.10. The number of aromatic nitrogens is 3. The normalized spacial score (nSPS) is 11.0. The third-order valence-electron chi connectivity index (χ3n) is 3.29. The van der Waals surface area contributed by atoms with Crippen LogP contribution < -0.4 is 9.47 Å². The van der Waals surface area contributed by atoms with Gasteiger partial charge in [-0.3, -0.25) is 0 Å². The second-order valence-corrected chi connectivity index (χ2v) is 5.40. The van der Waals surface area contributed by atoms with E-state index in [1.165, 1.54) is 11.3 Å². The van der Waals surface area contributed by atoms with Gasteiger partial charge in [0.2, 0.25) is 4.96 Å². The first-order valence-corrected chi connectivity index (χ1v) is 7.18. The third kappa shape index (κ3) is 2.14. The number of aryl methyl sites for hydroxylation is 1. The van der Waals surface area contributed by atoms with E-state index in [2.05, 4.69) is 10.1 Å². The molecule has 3 rings (SSSR count). The minimum Gasteiger partial charge on any atom is -0.496 e. The van der Waals surface area contributed by atoms with Gasteiger partial charge >= 0.3 is 0 Å². The number of aliphatic hydroxyl groups excluding tert-OH is 1. The highest BCUT2D eigenvalue weighted by atomic mass is 32.1. The maximum atomic E-state index is 9.44. The fourth-order valence-corrected chi connectivity index (χ4v) is 3.25. The Morgan fingerprint density at radius 1 is 1.24 bits per heavy atom. The summed E-state index contributed by atoms with van der Waals surface area (Å²) in [5, 5.41) is 14.7. The first kappa shape index (κ1) is 13.8. The molecule has 0 unspecified atom stereocenters. The van der Waals surface area contributed by atoms with Crippen LogP contribution in [0.5, 0.6) is 11.5 Å². The molecule has 0 spiro atoms. The molecule has 1 aromatic carbocycles. The molecule has 0 saturated heterocycles. The Balaban J connectivity index is 2.23. The van der Waals surface area contributed by atoms with Crippen LogP contribution >= 0.6 is 11.3 Å². The van der Waals surface area contributed by atoms with Crippen LogP contribution in [0.3, 0.4) is 0 Å². The SMILES string of the molecule is COc1cccc(OC)c1-c1nn2c(CO)c(C)nc2s1. The largest absolute Gasteiger partial charge is 0.496 e. The zero-order valence-corrected chi connectivity index (χ0v) is 12.8. The van der Waals surface area contributed by atoms with Crippen LogP contribution in [0.2, 0.25) is 0 Å². The highest BCUT2D eigenvalue weighted by Crippen LogP contribution is 2.40. The van der Waals surface area contributed by atoms with E-state index in [9.17, 15) is 5.11 Å². The predicted octanol–water partition coefficient (Wildman–Crippen LogP) is 2.28. The number of fused-ring (bicyclic) bond motifs is 1.